The number of rotatable bonds is 5. The lowest BCUT2D eigenvalue weighted by Crippen LogP contribution is -2.25. The third-order valence-corrected chi connectivity index (χ3v) is 5.89. The molecule has 1 fully saturated rings. The second kappa shape index (κ2) is 11.2. The molecule has 2 N–H and O–H groups in total. The molecule has 1 aromatic heterocycles. The van der Waals surface area contributed by atoms with Gasteiger partial charge in [-0.2, -0.15) is 5.26 Å². The first-order valence-electron chi connectivity index (χ1n) is 9.92. The predicted molar refractivity (Wildman–Crippen MR) is 117 cm³/mol. The number of hydrogen-bond acceptors (Lipinski definition) is 7. The molecule has 1 aliphatic rings. The summed E-state index contributed by atoms with van der Waals surface area (Å²) in [6.45, 7) is 5.57. The highest BCUT2D eigenvalue weighted by Gasteiger charge is 2.23. The molecule has 2 heterocycles. The fourth-order valence-electron chi connectivity index (χ4n) is 3.73. The molecule has 3 rings (SSSR count). The number of fused-ring (bicyclic) bond motifs is 1. The Hall–Kier alpha value is -2.13. The van der Waals surface area contributed by atoms with E-state index in [-0.39, 0.29) is 0 Å². The molecule has 0 aliphatic carbocycles. The summed E-state index contributed by atoms with van der Waals surface area (Å²) >= 11 is 0. The second-order valence-electron chi connectivity index (χ2n) is 6.70. The Morgan fingerprint density at radius 1 is 1.17 bits per heavy atom. The Bertz CT molecular complexity index is 854. The molecule has 29 heavy (non-hydrogen) atoms. The zero-order valence-electron chi connectivity index (χ0n) is 17.6. The SMILES string of the molecule is CC.COc1cc2ncc(C#N)c(N3CCCC(CP(O)O)CC3)c2cc1OC. The van der Waals surface area contributed by atoms with Crippen molar-refractivity contribution in [1.82, 2.24) is 4.98 Å². The summed E-state index contributed by atoms with van der Waals surface area (Å²) in [4.78, 5) is 25.3. The molecule has 1 aliphatic heterocycles. The topological polar surface area (TPSA) is 98.8 Å². The van der Waals surface area contributed by atoms with E-state index < -0.39 is 8.38 Å². The van der Waals surface area contributed by atoms with Crippen LogP contribution in [0.4, 0.5) is 5.69 Å². The molecular weight excluding hydrogens is 389 g/mol. The van der Waals surface area contributed by atoms with Crippen LogP contribution in [0.15, 0.2) is 18.3 Å². The van der Waals surface area contributed by atoms with Crippen molar-refractivity contribution in [3.05, 3.63) is 23.9 Å². The summed E-state index contributed by atoms with van der Waals surface area (Å²) in [5.74, 6) is 1.50. The maximum absolute atomic E-state index is 9.64. The molecule has 158 valence electrons. The normalized spacial score (nSPS) is 16.6. The van der Waals surface area contributed by atoms with E-state index in [2.05, 4.69) is 16.0 Å². The molecular formula is C21H30N3O4P. The van der Waals surface area contributed by atoms with Gasteiger partial charge in [0.25, 0.3) is 0 Å². The van der Waals surface area contributed by atoms with Gasteiger partial charge in [0.05, 0.1) is 31.0 Å². The first kappa shape index (κ1) is 23.2. The van der Waals surface area contributed by atoms with Gasteiger partial charge in [-0.15, -0.1) is 0 Å². The van der Waals surface area contributed by atoms with Crippen molar-refractivity contribution in [2.75, 3.05) is 38.4 Å². The number of ether oxygens (including phenoxy) is 2. The third-order valence-electron chi connectivity index (χ3n) is 5.05. The minimum atomic E-state index is -1.86. The average Bonchev–Trinajstić information content (AvgIpc) is 2.98. The fourth-order valence-corrected chi connectivity index (χ4v) is 4.56. The largest absolute Gasteiger partial charge is 0.493 e. The number of pyridine rings is 1. The van der Waals surface area contributed by atoms with E-state index in [0.717, 1.165) is 48.9 Å². The standard InChI is InChI=1S/C19H24N3O4P.C2H6/c1-25-17-8-15-16(9-18(17)26-2)21-11-14(10-20)19(15)22-6-3-4-13(5-7-22)12-27(23)24;1-2/h8-9,11,13,23-24H,3-7,12H2,1-2H3;1-2H3. The molecule has 8 heteroatoms. The number of aromatic nitrogens is 1. The summed E-state index contributed by atoms with van der Waals surface area (Å²) in [5, 5.41) is 10.5. The molecule has 1 unspecified atom stereocenters. The molecule has 0 spiro atoms. The van der Waals surface area contributed by atoms with Crippen molar-refractivity contribution in [1.29, 1.82) is 5.26 Å². The van der Waals surface area contributed by atoms with Gasteiger partial charge in [0.2, 0.25) is 0 Å². The summed E-state index contributed by atoms with van der Waals surface area (Å²) in [6, 6.07) is 5.96. The predicted octanol–water partition coefficient (Wildman–Crippen LogP) is 4.05. The zero-order chi connectivity index (χ0) is 21.4. The van der Waals surface area contributed by atoms with Crippen molar-refractivity contribution in [3.63, 3.8) is 0 Å². The van der Waals surface area contributed by atoms with Crippen LogP contribution in [0, 0.1) is 17.2 Å². The Morgan fingerprint density at radius 3 is 2.48 bits per heavy atom. The average molecular weight is 419 g/mol. The lowest BCUT2D eigenvalue weighted by atomic mass is 10.0. The van der Waals surface area contributed by atoms with Crippen LogP contribution in [0.3, 0.4) is 0 Å². The third kappa shape index (κ3) is 5.48. The monoisotopic (exact) mass is 419 g/mol. The molecule has 2 aromatic rings. The Kier molecular flexibility index (Phi) is 8.91. The van der Waals surface area contributed by atoms with Crippen LogP contribution in [0.1, 0.15) is 38.7 Å². The van der Waals surface area contributed by atoms with Gasteiger partial charge in [-0.05, 0) is 31.2 Å². The Morgan fingerprint density at radius 2 is 1.86 bits per heavy atom. The molecule has 0 amide bonds. The molecule has 1 saturated heterocycles. The van der Waals surface area contributed by atoms with Crippen LogP contribution in [0.25, 0.3) is 10.9 Å². The van der Waals surface area contributed by atoms with Crippen LogP contribution in [0.5, 0.6) is 11.5 Å². The van der Waals surface area contributed by atoms with Crippen molar-refractivity contribution >= 4 is 25.0 Å². The Balaban J connectivity index is 0.00000145. The van der Waals surface area contributed by atoms with Gasteiger partial charge in [-0.1, -0.05) is 13.8 Å². The minimum Gasteiger partial charge on any atom is -0.493 e. The molecule has 0 radical (unpaired) electrons. The number of benzene rings is 1. The first-order chi connectivity index (χ1) is 14.1. The number of methoxy groups -OCH3 is 2. The second-order valence-corrected chi connectivity index (χ2v) is 7.81. The minimum absolute atomic E-state index is 0.296. The van der Waals surface area contributed by atoms with Gasteiger partial charge in [0.15, 0.2) is 19.9 Å². The van der Waals surface area contributed by atoms with Gasteiger partial charge in [0.1, 0.15) is 6.07 Å². The number of nitriles is 1. The quantitative estimate of drug-likeness (QED) is 0.705. The van der Waals surface area contributed by atoms with Crippen molar-refractivity contribution in [2.24, 2.45) is 5.92 Å². The van der Waals surface area contributed by atoms with Crippen LogP contribution in [-0.2, 0) is 0 Å². The van der Waals surface area contributed by atoms with E-state index in [1.165, 1.54) is 0 Å². The lowest BCUT2D eigenvalue weighted by Gasteiger charge is -2.26. The smallest absolute Gasteiger partial charge is 0.165 e. The van der Waals surface area contributed by atoms with Gasteiger partial charge in [-0.25, -0.2) is 0 Å². The van der Waals surface area contributed by atoms with Crippen LogP contribution in [-0.4, -0.2) is 48.2 Å². The highest BCUT2D eigenvalue weighted by Crippen LogP contribution is 2.39. The first-order valence-corrected chi connectivity index (χ1v) is 11.4. The van der Waals surface area contributed by atoms with Crippen LogP contribution in [0.2, 0.25) is 0 Å². The van der Waals surface area contributed by atoms with E-state index in [9.17, 15) is 15.0 Å². The summed E-state index contributed by atoms with van der Waals surface area (Å²) in [7, 11) is 1.31. The van der Waals surface area contributed by atoms with Crippen LogP contribution >= 0.6 is 8.38 Å². The van der Waals surface area contributed by atoms with E-state index in [1.54, 1.807) is 20.4 Å². The molecule has 1 atom stereocenters. The highest BCUT2D eigenvalue weighted by atomic mass is 31.2. The highest BCUT2D eigenvalue weighted by molar-refractivity contribution is 7.45. The maximum atomic E-state index is 9.64. The van der Waals surface area contributed by atoms with E-state index in [1.807, 2.05) is 26.0 Å². The van der Waals surface area contributed by atoms with Crippen molar-refractivity contribution in [2.45, 2.75) is 33.1 Å². The maximum Gasteiger partial charge on any atom is 0.165 e. The summed E-state index contributed by atoms with van der Waals surface area (Å²) < 4.78 is 10.8. The number of nitrogens with zero attached hydrogens (tertiary/aromatic N) is 3. The summed E-state index contributed by atoms with van der Waals surface area (Å²) in [5.41, 5.74) is 2.13. The lowest BCUT2D eigenvalue weighted by molar-refractivity contribution is 0.356. The van der Waals surface area contributed by atoms with Crippen molar-refractivity contribution in [3.8, 4) is 17.6 Å². The molecule has 1 aromatic carbocycles. The van der Waals surface area contributed by atoms with Crippen LogP contribution < -0.4 is 14.4 Å². The Labute approximate surface area is 173 Å². The summed E-state index contributed by atoms with van der Waals surface area (Å²) in [6.07, 6.45) is 4.82. The van der Waals surface area contributed by atoms with Gasteiger partial charge in [0, 0.05) is 36.9 Å². The molecule has 0 saturated carbocycles. The van der Waals surface area contributed by atoms with Gasteiger partial charge < -0.3 is 24.2 Å². The molecule has 7 nitrogen and oxygen atoms in total. The zero-order valence-corrected chi connectivity index (χ0v) is 18.4. The number of anilines is 1. The van der Waals surface area contributed by atoms with E-state index in [4.69, 9.17) is 9.47 Å². The molecule has 0 bridgehead atoms. The number of hydrogen-bond donors (Lipinski definition) is 2. The van der Waals surface area contributed by atoms with E-state index in [0.29, 0.717) is 29.1 Å². The van der Waals surface area contributed by atoms with Gasteiger partial charge >= 0.3 is 0 Å². The van der Waals surface area contributed by atoms with Crippen molar-refractivity contribution < 1.29 is 19.3 Å². The fraction of sp³-hybridized carbons (Fsp3) is 0.524. The van der Waals surface area contributed by atoms with E-state index >= 15 is 0 Å². The van der Waals surface area contributed by atoms with Gasteiger partial charge in [-0.3, -0.25) is 4.98 Å².